The van der Waals surface area contributed by atoms with Gasteiger partial charge in [0.05, 0.1) is 6.04 Å². The Morgan fingerprint density at radius 3 is 1.70 bits per heavy atom. The van der Waals surface area contributed by atoms with E-state index in [1.807, 2.05) is 13.8 Å². The van der Waals surface area contributed by atoms with Crippen molar-refractivity contribution in [3.05, 3.63) is 0 Å². The van der Waals surface area contributed by atoms with Crippen LogP contribution in [0.1, 0.15) is 67.2 Å². The summed E-state index contributed by atoms with van der Waals surface area (Å²) in [7, 11) is 0. The molecule has 0 aliphatic carbocycles. The predicted octanol–water partition coefficient (Wildman–Crippen LogP) is 0.466. The van der Waals surface area contributed by atoms with Crippen LogP contribution >= 0.6 is 0 Å². The molecular formula is C22H40N4O7. The first-order chi connectivity index (χ1) is 15.3. The fourth-order valence-electron chi connectivity index (χ4n) is 3.03. The van der Waals surface area contributed by atoms with E-state index in [9.17, 15) is 29.1 Å². The number of carboxylic acids is 2. The Morgan fingerprint density at radius 1 is 0.758 bits per heavy atom. The molecule has 190 valence electrons. The van der Waals surface area contributed by atoms with E-state index in [1.165, 1.54) is 0 Å². The molecule has 0 heterocycles. The van der Waals surface area contributed by atoms with Crippen LogP contribution < -0.4 is 21.7 Å². The van der Waals surface area contributed by atoms with E-state index in [0.717, 1.165) is 0 Å². The fourth-order valence-corrected chi connectivity index (χ4v) is 3.03. The summed E-state index contributed by atoms with van der Waals surface area (Å²) in [6.45, 7) is 10.5. The van der Waals surface area contributed by atoms with Gasteiger partial charge in [-0.15, -0.1) is 0 Å². The Labute approximate surface area is 195 Å². The van der Waals surface area contributed by atoms with Gasteiger partial charge in [-0.1, -0.05) is 54.4 Å². The molecule has 0 saturated heterocycles. The van der Waals surface area contributed by atoms with Crippen molar-refractivity contribution in [2.45, 2.75) is 91.4 Å². The second kappa shape index (κ2) is 14.5. The lowest BCUT2D eigenvalue weighted by Crippen LogP contribution is -2.59. The minimum Gasteiger partial charge on any atom is -0.481 e. The third-order valence-corrected chi connectivity index (χ3v) is 5.86. The van der Waals surface area contributed by atoms with Crippen molar-refractivity contribution in [2.24, 2.45) is 23.5 Å². The summed E-state index contributed by atoms with van der Waals surface area (Å²) in [6.07, 6.45) is 0.495. The van der Waals surface area contributed by atoms with Gasteiger partial charge >= 0.3 is 11.9 Å². The zero-order chi connectivity index (χ0) is 25.9. The van der Waals surface area contributed by atoms with E-state index >= 15 is 0 Å². The van der Waals surface area contributed by atoms with Crippen molar-refractivity contribution < 1.29 is 34.2 Å². The number of amides is 3. The van der Waals surface area contributed by atoms with Crippen LogP contribution in [-0.2, 0) is 24.0 Å². The minimum atomic E-state index is -1.29. The molecule has 6 atom stereocenters. The number of hydrogen-bond acceptors (Lipinski definition) is 6. The van der Waals surface area contributed by atoms with Gasteiger partial charge in [0.15, 0.2) is 0 Å². The number of hydrogen-bond donors (Lipinski definition) is 6. The molecule has 0 aliphatic rings. The molecule has 0 saturated carbocycles. The summed E-state index contributed by atoms with van der Waals surface area (Å²) >= 11 is 0. The number of carboxylic acid groups (broad SMARTS) is 2. The Balaban J connectivity index is 5.58. The molecule has 0 bridgehead atoms. The van der Waals surface area contributed by atoms with Crippen molar-refractivity contribution >= 4 is 29.7 Å². The number of aliphatic carboxylic acids is 2. The van der Waals surface area contributed by atoms with Crippen molar-refractivity contribution in [1.29, 1.82) is 0 Å². The zero-order valence-corrected chi connectivity index (χ0v) is 20.4. The van der Waals surface area contributed by atoms with Crippen molar-refractivity contribution in [1.82, 2.24) is 16.0 Å². The highest BCUT2D eigenvalue weighted by atomic mass is 16.4. The van der Waals surface area contributed by atoms with Gasteiger partial charge in [-0.2, -0.15) is 0 Å². The number of nitrogens with two attached hydrogens (primary N) is 1. The first-order valence-electron chi connectivity index (χ1n) is 11.4. The maximum absolute atomic E-state index is 12.9. The molecule has 0 aliphatic heterocycles. The largest absolute Gasteiger partial charge is 0.481 e. The molecule has 6 unspecified atom stereocenters. The average Bonchev–Trinajstić information content (AvgIpc) is 2.75. The lowest BCUT2D eigenvalue weighted by atomic mass is 9.97. The van der Waals surface area contributed by atoms with E-state index in [1.54, 1.807) is 27.7 Å². The lowest BCUT2D eigenvalue weighted by molar-refractivity contribution is -0.144. The van der Waals surface area contributed by atoms with E-state index in [2.05, 4.69) is 16.0 Å². The molecule has 33 heavy (non-hydrogen) atoms. The molecule has 0 radical (unpaired) electrons. The first kappa shape index (κ1) is 30.3. The van der Waals surface area contributed by atoms with Crippen LogP contribution in [0.15, 0.2) is 0 Å². The second-order valence-corrected chi connectivity index (χ2v) is 8.85. The first-order valence-corrected chi connectivity index (χ1v) is 11.4. The summed E-state index contributed by atoms with van der Waals surface area (Å²) in [4.78, 5) is 60.8. The zero-order valence-electron chi connectivity index (χ0n) is 20.4. The lowest BCUT2D eigenvalue weighted by Gasteiger charge is -2.28. The van der Waals surface area contributed by atoms with Crippen molar-refractivity contribution in [3.8, 4) is 0 Å². The maximum atomic E-state index is 12.9. The summed E-state index contributed by atoms with van der Waals surface area (Å²) in [5.41, 5.74) is 5.95. The molecule has 0 aromatic carbocycles. The van der Waals surface area contributed by atoms with Crippen LogP contribution in [0.5, 0.6) is 0 Å². The summed E-state index contributed by atoms with van der Waals surface area (Å²) < 4.78 is 0. The van der Waals surface area contributed by atoms with Crippen LogP contribution in [0, 0.1) is 17.8 Å². The standard InChI is InChI=1S/C22H40N4O7/c1-7-12(5)16(23)20(30)25-17(11(3)4)21(31)24-14(9-10-15(27)28)19(29)26-18(22(32)33)13(6)8-2/h11-14,16-18H,7-10,23H2,1-6H3,(H,24,31)(H,25,30)(H,26,29)(H,27,28)(H,32,33). The highest BCUT2D eigenvalue weighted by Gasteiger charge is 2.33. The van der Waals surface area contributed by atoms with Gasteiger partial charge in [-0.3, -0.25) is 19.2 Å². The quantitative estimate of drug-likeness (QED) is 0.198. The molecule has 0 rings (SSSR count). The van der Waals surface area contributed by atoms with Gasteiger partial charge in [0.2, 0.25) is 17.7 Å². The topological polar surface area (TPSA) is 188 Å². The van der Waals surface area contributed by atoms with Gasteiger partial charge in [0.25, 0.3) is 0 Å². The van der Waals surface area contributed by atoms with E-state index < -0.39 is 60.2 Å². The van der Waals surface area contributed by atoms with Gasteiger partial charge < -0.3 is 31.9 Å². The highest BCUT2D eigenvalue weighted by molar-refractivity contribution is 5.94. The number of carbonyl (C=O) groups is 5. The molecule has 11 heteroatoms. The van der Waals surface area contributed by atoms with Crippen LogP contribution in [0.4, 0.5) is 0 Å². The number of nitrogens with one attached hydrogen (secondary N) is 3. The predicted molar refractivity (Wildman–Crippen MR) is 122 cm³/mol. The highest BCUT2D eigenvalue weighted by Crippen LogP contribution is 2.11. The SMILES string of the molecule is CCC(C)C(N)C(=O)NC(C(=O)NC(CCC(=O)O)C(=O)NC(C(=O)O)C(C)CC)C(C)C. The maximum Gasteiger partial charge on any atom is 0.326 e. The van der Waals surface area contributed by atoms with Crippen molar-refractivity contribution in [3.63, 3.8) is 0 Å². The molecule has 11 nitrogen and oxygen atoms in total. The van der Waals surface area contributed by atoms with Crippen molar-refractivity contribution in [2.75, 3.05) is 0 Å². The third kappa shape index (κ3) is 10.2. The van der Waals surface area contributed by atoms with Gasteiger partial charge in [0.1, 0.15) is 18.1 Å². The molecule has 0 aromatic heterocycles. The van der Waals surface area contributed by atoms with Crippen LogP contribution in [0.2, 0.25) is 0 Å². The summed E-state index contributed by atoms with van der Waals surface area (Å²) in [5, 5.41) is 25.9. The minimum absolute atomic E-state index is 0.108. The van der Waals surface area contributed by atoms with Gasteiger partial charge in [0, 0.05) is 6.42 Å². The number of carbonyl (C=O) groups excluding carboxylic acids is 3. The van der Waals surface area contributed by atoms with E-state index in [4.69, 9.17) is 10.8 Å². The molecule has 0 aromatic rings. The van der Waals surface area contributed by atoms with E-state index in [-0.39, 0.29) is 24.2 Å². The molecule has 3 amide bonds. The Kier molecular flexibility index (Phi) is 13.3. The second-order valence-electron chi connectivity index (χ2n) is 8.85. The average molecular weight is 473 g/mol. The van der Waals surface area contributed by atoms with Gasteiger partial charge in [-0.05, 0) is 24.2 Å². The number of rotatable bonds is 15. The third-order valence-electron chi connectivity index (χ3n) is 5.86. The van der Waals surface area contributed by atoms with Crippen LogP contribution in [0.3, 0.4) is 0 Å². The molecule has 0 fully saturated rings. The Hall–Kier alpha value is -2.69. The normalized spacial score (nSPS) is 16.6. The summed E-state index contributed by atoms with van der Waals surface area (Å²) in [5.74, 6) is -5.24. The van der Waals surface area contributed by atoms with Gasteiger partial charge in [-0.25, -0.2) is 4.79 Å². The Morgan fingerprint density at radius 2 is 1.27 bits per heavy atom. The molecule has 7 N–H and O–H groups in total. The molecule has 0 spiro atoms. The Bertz CT molecular complexity index is 698. The van der Waals surface area contributed by atoms with Crippen LogP contribution in [0.25, 0.3) is 0 Å². The van der Waals surface area contributed by atoms with E-state index in [0.29, 0.717) is 12.8 Å². The summed E-state index contributed by atoms with van der Waals surface area (Å²) in [6, 6.07) is -4.32. The smallest absolute Gasteiger partial charge is 0.326 e. The molecular weight excluding hydrogens is 432 g/mol. The fraction of sp³-hybridized carbons (Fsp3) is 0.773. The monoisotopic (exact) mass is 472 g/mol. The van der Waals surface area contributed by atoms with Crippen LogP contribution in [-0.4, -0.2) is 64.0 Å².